The molecule has 1 aliphatic heterocycles. The summed E-state index contributed by atoms with van der Waals surface area (Å²) in [7, 11) is 2.25. The molecule has 0 radical (unpaired) electrons. The molecule has 2 fully saturated rings. The highest BCUT2D eigenvalue weighted by Gasteiger charge is 2.35. The van der Waals surface area contributed by atoms with Gasteiger partial charge in [0.15, 0.2) is 0 Å². The van der Waals surface area contributed by atoms with Crippen LogP contribution in [-0.2, 0) is 0 Å². The van der Waals surface area contributed by atoms with Gasteiger partial charge in [0.05, 0.1) is 0 Å². The van der Waals surface area contributed by atoms with Crippen LogP contribution < -0.4 is 5.32 Å². The first-order valence-corrected chi connectivity index (χ1v) is 7.09. The topological polar surface area (TPSA) is 15.3 Å². The average Bonchev–Trinajstić information content (AvgIpc) is 2.22. The summed E-state index contributed by atoms with van der Waals surface area (Å²) < 4.78 is 0. The molecular weight excluding hydrogens is 196 g/mol. The Hall–Kier alpha value is -0.0800. The lowest BCUT2D eigenvalue weighted by Gasteiger charge is -2.44. The van der Waals surface area contributed by atoms with Crippen molar-refractivity contribution >= 4 is 0 Å². The molecule has 16 heavy (non-hydrogen) atoms. The lowest BCUT2D eigenvalue weighted by Crippen LogP contribution is -2.49. The van der Waals surface area contributed by atoms with Gasteiger partial charge in [0.1, 0.15) is 0 Å². The van der Waals surface area contributed by atoms with Crippen LogP contribution in [0.5, 0.6) is 0 Å². The zero-order valence-electron chi connectivity index (χ0n) is 11.3. The Morgan fingerprint density at radius 2 is 2.12 bits per heavy atom. The van der Waals surface area contributed by atoms with Crippen LogP contribution in [0.2, 0.25) is 0 Å². The van der Waals surface area contributed by atoms with E-state index in [0.29, 0.717) is 5.41 Å². The van der Waals surface area contributed by atoms with E-state index >= 15 is 0 Å². The van der Waals surface area contributed by atoms with Crippen molar-refractivity contribution in [1.82, 2.24) is 10.2 Å². The minimum absolute atomic E-state index is 0.673. The first kappa shape index (κ1) is 12.4. The first-order valence-electron chi connectivity index (χ1n) is 7.09. The number of nitrogens with zero attached hydrogens (tertiary/aromatic N) is 1. The van der Waals surface area contributed by atoms with E-state index in [4.69, 9.17) is 0 Å². The fourth-order valence-corrected chi connectivity index (χ4v) is 3.17. The van der Waals surface area contributed by atoms with Crippen LogP contribution in [0.3, 0.4) is 0 Å². The summed E-state index contributed by atoms with van der Waals surface area (Å²) in [5.41, 5.74) is 0.673. The highest BCUT2D eigenvalue weighted by Crippen LogP contribution is 2.43. The number of hydrogen-bond donors (Lipinski definition) is 1. The lowest BCUT2D eigenvalue weighted by atomic mass is 9.67. The minimum Gasteiger partial charge on any atom is -0.313 e. The predicted octanol–water partition coefficient (Wildman–Crippen LogP) is 2.64. The van der Waals surface area contributed by atoms with Crippen LogP contribution in [0.15, 0.2) is 0 Å². The van der Waals surface area contributed by atoms with Gasteiger partial charge in [-0.15, -0.1) is 0 Å². The molecular formula is C14H28N2. The largest absolute Gasteiger partial charge is 0.313 e. The van der Waals surface area contributed by atoms with Crippen LogP contribution >= 0.6 is 0 Å². The molecule has 2 heteroatoms. The highest BCUT2D eigenvalue weighted by molar-refractivity contribution is 4.90. The van der Waals surface area contributed by atoms with Gasteiger partial charge in [-0.05, 0) is 58.0 Å². The smallest absolute Gasteiger partial charge is 0.00942 e. The van der Waals surface area contributed by atoms with Crippen molar-refractivity contribution in [3.05, 3.63) is 0 Å². The summed E-state index contributed by atoms with van der Waals surface area (Å²) in [6.07, 6.45) is 8.40. The van der Waals surface area contributed by atoms with Gasteiger partial charge in [0.2, 0.25) is 0 Å². The number of hydrogen-bond acceptors (Lipinski definition) is 2. The molecule has 0 aromatic rings. The van der Waals surface area contributed by atoms with E-state index in [9.17, 15) is 0 Å². The molecule has 1 saturated heterocycles. The van der Waals surface area contributed by atoms with E-state index in [-0.39, 0.29) is 0 Å². The van der Waals surface area contributed by atoms with E-state index in [2.05, 4.69) is 31.1 Å². The van der Waals surface area contributed by atoms with Crippen LogP contribution in [-0.4, -0.2) is 37.1 Å². The average molecular weight is 224 g/mol. The van der Waals surface area contributed by atoms with Gasteiger partial charge in [0, 0.05) is 18.6 Å². The second-order valence-electron chi connectivity index (χ2n) is 6.14. The summed E-state index contributed by atoms with van der Waals surface area (Å²) in [5.74, 6) is 0. The van der Waals surface area contributed by atoms with Gasteiger partial charge in [0.25, 0.3) is 0 Å². The molecule has 2 nitrogen and oxygen atoms in total. The molecule has 0 spiro atoms. The maximum Gasteiger partial charge on any atom is 0.00942 e. The summed E-state index contributed by atoms with van der Waals surface area (Å²) in [6.45, 7) is 7.24. The molecule has 2 atom stereocenters. The van der Waals surface area contributed by atoms with Crippen molar-refractivity contribution in [2.45, 2.75) is 64.5 Å². The molecule has 1 aliphatic carbocycles. The molecule has 0 aromatic carbocycles. The maximum atomic E-state index is 3.84. The second kappa shape index (κ2) is 5.05. The molecule has 2 unspecified atom stereocenters. The molecule has 2 aliphatic rings. The van der Waals surface area contributed by atoms with E-state index in [0.717, 1.165) is 12.1 Å². The Balaban J connectivity index is 1.74. The van der Waals surface area contributed by atoms with Crippen molar-refractivity contribution in [2.24, 2.45) is 5.41 Å². The Kier molecular flexibility index (Phi) is 3.91. The van der Waals surface area contributed by atoms with Crippen LogP contribution in [0.4, 0.5) is 0 Å². The number of nitrogens with one attached hydrogen (secondary N) is 1. The zero-order valence-corrected chi connectivity index (χ0v) is 11.3. The summed E-state index contributed by atoms with van der Waals surface area (Å²) in [4.78, 5) is 2.48. The van der Waals surface area contributed by atoms with E-state index in [1.165, 1.54) is 51.6 Å². The number of piperidine rings is 1. The zero-order chi connectivity index (χ0) is 11.6. The van der Waals surface area contributed by atoms with Gasteiger partial charge in [-0.3, -0.25) is 0 Å². The molecule has 1 N–H and O–H groups in total. The Bertz CT molecular complexity index is 217. The van der Waals surface area contributed by atoms with Crippen molar-refractivity contribution in [3.8, 4) is 0 Å². The van der Waals surface area contributed by atoms with Crippen molar-refractivity contribution in [2.75, 3.05) is 20.1 Å². The molecule has 0 aromatic heterocycles. The van der Waals surface area contributed by atoms with Crippen molar-refractivity contribution < 1.29 is 0 Å². The third kappa shape index (κ3) is 2.60. The van der Waals surface area contributed by atoms with Crippen LogP contribution in [0.25, 0.3) is 0 Å². The first-order chi connectivity index (χ1) is 7.65. The van der Waals surface area contributed by atoms with E-state index < -0.39 is 0 Å². The van der Waals surface area contributed by atoms with Crippen molar-refractivity contribution in [3.63, 3.8) is 0 Å². The van der Waals surface area contributed by atoms with Gasteiger partial charge >= 0.3 is 0 Å². The highest BCUT2D eigenvalue weighted by atomic mass is 15.1. The molecule has 94 valence electrons. The molecule has 1 heterocycles. The second-order valence-corrected chi connectivity index (χ2v) is 6.14. The normalized spacial score (nSPS) is 34.7. The van der Waals surface area contributed by atoms with Gasteiger partial charge in [-0.2, -0.15) is 0 Å². The summed E-state index contributed by atoms with van der Waals surface area (Å²) in [6, 6.07) is 1.53. The SMILES string of the molecule is CCC1(CNC2CCN(C)C(C)C2)CCC1. The predicted molar refractivity (Wildman–Crippen MR) is 69.7 cm³/mol. The monoisotopic (exact) mass is 224 g/mol. The Labute approximate surface area is 101 Å². The van der Waals surface area contributed by atoms with E-state index in [1.54, 1.807) is 0 Å². The standard InChI is InChI=1S/C14H28N2/c1-4-14(7-5-8-14)11-15-13-6-9-16(3)12(2)10-13/h12-13,15H,4-11H2,1-3H3. The maximum absolute atomic E-state index is 3.84. The Morgan fingerprint density at radius 3 is 2.62 bits per heavy atom. The molecule has 0 amide bonds. The van der Waals surface area contributed by atoms with Crippen molar-refractivity contribution in [1.29, 1.82) is 0 Å². The Morgan fingerprint density at radius 1 is 1.38 bits per heavy atom. The third-order valence-electron chi connectivity index (χ3n) is 5.14. The van der Waals surface area contributed by atoms with Gasteiger partial charge < -0.3 is 10.2 Å². The van der Waals surface area contributed by atoms with Gasteiger partial charge in [-0.1, -0.05) is 13.3 Å². The fraction of sp³-hybridized carbons (Fsp3) is 1.00. The fourth-order valence-electron chi connectivity index (χ4n) is 3.17. The number of likely N-dealkylation sites (tertiary alicyclic amines) is 1. The summed E-state index contributed by atoms with van der Waals surface area (Å²) in [5, 5.41) is 3.84. The third-order valence-corrected chi connectivity index (χ3v) is 5.14. The van der Waals surface area contributed by atoms with Crippen LogP contribution in [0, 0.1) is 5.41 Å². The van der Waals surface area contributed by atoms with Gasteiger partial charge in [-0.25, -0.2) is 0 Å². The van der Waals surface area contributed by atoms with E-state index in [1.807, 2.05) is 0 Å². The number of rotatable bonds is 4. The lowest BCUT2D eigenvalue weighted by molar-refractivity contribution is 0.103. The molecule has 0 bridgehead atoms. The molecule has 1 saturated carbocycles. The quantitative estimate of drug-likeness (QED) is 0.790. The minimum atomic E-state index is 0.673. The summed E-state index contributed by atoms with van der Waals surface area (Å²) >= 11 is 0. The molecule has 2 rings (SSSR count). The van der Waals surface area contributed by atoms with Crippen LogP contribution in [0.1, 0.15) is 52.4 Å².